The lowest BCUT2D eigenvalue weighted by Crippen LogP contribution is -2.56. The van der Waals surface area contributed by atoms with Crippen LogP contribution in [0.3, 0.4) is 0 Å². The van der Waals surface area contributed by atoms with Crippen LogP contribution in [-0.4, -0.2) is 58.9 Å². The first-order valence-electron chi connectivity index (χ1n) is 8.96. The molecule has 7 heteroatoms. The minimum absolute atomic E-state index is 0.0111. The number of aliphatic hydroxyl groups excluding tert-OH is 1. The van der Waals surface area contributed by atoms with Crippen molar-refractivity contribution in [1.82, 2.24) is 10.6 Å². The molecule has 24 heavy (non-hydrogen) atoms. The second-order valence-electron chi connectivity index (χ2n) is 7.11. The summed E-state index contributed by atoms with van der Waals surface area (Å²) in [7, 11) is 0. The molecule has 2 saturated heterocycles. The topological polar surface area (TPSA) is 70.6 Å². The Labute approximate surface area is 154 Å². The molecule has 0 aromatic rings. The number of nitrogens with one attached hydrogen (secondary N) is 2. The van der Waals surface area contributed by atoms with Crippen molar-refractivity contribution in [3.8, 4) is 0 Å². The highest BCUT2D eigenvalue weighted by atomic mass is 35.5. The number of hydrogen-bond donors (Lipinski definition) is 3. The maximum absolute atomic E-state index is 12.7. The summed E-state index contributed by atoms with van der Waals surface area (Å²) in [6, 6.07) is -0.401. The zero-order valence-electron chi connectivity index (χ0n) is 14.8. The fourth-order valence-corrected chi connectivity index (χ4v) is 4.40. The van der Waals surface area contributed by atoms with Crippen molar-refractivity contribution in [2.24, 2.45) is 5.92 Å². The summed E-state index contributed by atoms with van der Waals surface area (Å²) in [5.74, 6) is 0.667. The van der Waals surface area contributed by atoms with Crippen molar-refractivity contribution < 1.29 is 14.6 Å². The Morgan fingerprint density at radius 3 is 2.75 bits per heavy atom. The van der Waals surface area contributed by atoms with Gasteiger partial charge in [-0.15, -0.1) is 23.4 Å². The molecule has 0 aromatic heterocycles. The average Bonchev–Trinajstić information content (AvgIpc) is 2.77. The van der Waals surface area contributed by atoms with Gasteiger partial charge >= 0.3 is 0 Å². The zero-order valence-corrected chi connectivity index (χ0v) is 16.4. The highest BCUT2D eigenvalue weighted by Gasteiger charge is 2.37. The molecule has 2 heterocycles. The Bertz CT molecular complexity index is 413. The van der Waals surface area contributed by atoms with Gasteiger partial charge in [-0.05, 0) is 57.7 Å². The number of carbonyl (C=O) groups is 1. The molecule has 0 aliphatic carbocycles. The lowest BCUT2D eigenvalue weighted by atomic mass is 9.97. The Morgan fingerprint density at radius 2 is 2.08 bits per heavy atom. The zero-order chi connectivity index (χ0) is 17.7. The van der Waals surface area contributed by atoms with E-state index in [2.05, 4.69) is 17.6 Å². The van der Waals surface area contributed by atoms with Crippen molar-refractivity contribution in [3.05, 3.63) is 0 Å². The van der Waals surface area contributed by atoms with E-state index in [1.807, 2.05) is 13.2 Å². The Kier molecular flexibility index (Phi) is 8.14. The van der Waals surface area contributed by atoms with Gasteiger partial charge in [0.15, 0.2) is 0 Å². The normalized spacial score (nSPS) is 37.3. The quantitative estimate of drug-likeness (QED) is 0.639. The van der Waals surface area contributed by atoms with Crippen LogP contribution < -0.4 is 10.6 Å². The van der Waals surface area contributed by atoms with E-state index in [9.17, 15) is 9.90 Å². The van der Waals surface area contributed by atoms with E-state index in [1.54, 1.807) is 0 Å². The van der Waals surface area contributed by atoms with Crippen LogP contribution in [0.4, 0.5) is 0 Å². The first-order chi connectivity index (χ1) is 11.4. The SMILES string of the molecule is CSC1OC(C(NC(=O)C2CCC(C)CCN2)C(C)Cl)CCC1O. The molecule has 0 saturated carbocycles. The molecule has 0 aromatic carbocycles. The minimum atomic E-state index is -0.455. The van der Waals surface area contributed by atoms with Crippen molar-refractivity contribution in [2.75, 3.05) is 12.8 Å². The summed E-state index contributed by atoms with van der Waals surface area (Å²) in [5, 5.41) is 16.2. The lowest BCUT2D eigenvalue weighted by Gasteiger charge is -2.38. The van der Waals surface area contributed by atoms with Crippen LogP contribution in [0.2, 0.25) is 0 Å². The number of alkyl halides is 1. The first kappa shape index (κ1) is 20.3. The van der Waals surface area contributed by atoms with E-state index >= 15 is 0 Å². The highest BCUT2D eigenvalue weighted by Crippen LogP contribution is 2.29. The van der Waals surface area contributed by atoms with Crippen LogP contribution >= 0.6 is 23.4 Å². The van der Waals surface area contributed by atoms with Crippen LogP contribution in [0.5, 0.6) is 0 Å². The number of carbonyl (C=O) groups excluding carboxylic acids is 1. The summed E-state index contributed by atoms with van der Waals surface area (Å²) in [6.45, 7) is 4.99. The number of thioether (sulfide) groups is 1. The molecule has 1 amide bonds. The van der Waals surface area contributed by atoms with Crippen molar-refractivity contribution in [2.45, 2.75) is 81.1 Å². The molecule has 5 nitrogen and oxygen atoms in total. The third kappa shape index (κ3) is 5.49. The Balaban J connectivity index is 1.96. The van der Waals surface area contributed by atoms with E-state index in [0.717, 1.165) is 25.8 Å². The maximum atomic E-state index is 12.7. The molecule has 2 aliphatic rings. The van der Waals surface area contributed by atoms with E-state index < -0.39 is 6.10 Å². The Hall–Kier alpha value is -0.0100. The molecule has 7 atom stereocenters. The van der Waals surface area contributed by atoms with Gasteiger partial charge in [-0.25, -0.2) is 0 Å². The third-order valence-corrected chi connectivity index (χ3v) is 6.26. The molecule has 0 radical (unpaired) electrons. The largest absolute Gasteiger partial charge is 0.390 e. The van der Waals surface area contributed by atoms with Crippen LogP contribution in [0, 0.1) is 5.92 Å². The monoisotopic (exact) mass is 378 g/mol. The van der Waals surface area contributed by atoms with Crippen LogP contribution in [-0.2, 0) is 9.53 Å². The predicted molar refractivity (Wildman–Crippen MR) is 99.5 cm³/mol. The summed E-state index contributed by atoms with van der Waals surface area (Å²) in [6.07, 6.45) is 5.71. The number of aliphatic hydroxyl groups is 1. The second-order valence-corrected chi connectivity index (χ2v) is 8.74. The van der Waals surface area contributed by atoms with Crippen LogP contribution in [0.1, 0.15) is 46.0 Å². The molecule has 0 bridgehead atoms. The maximum Gasteiger partial charge on any atom is 0.237 e. The standard InChI is InChI=1S/C17H31ClN2O3S/c1-10-4-5-12(19-9-8-10)16(22)20-15(11(2)18)14-7-6-13(21)17(23-14)24-3/h10-15,17,19,21H,4-9H2,1-3H3,(H,20,22). The van der Waals surface area contributed by atoms with Gasteiger partial charge in [0, 0.05) is 0 Å². The van der Waals surface area contributed by atoms with Crippen LogP contribution in [0.15, 0.2) is 0 Å². The summed E-state index contributed by atoms with van der Waals surface area (Å²) < 4.78 is 5.99. The number of halogens is 1. The second kappa shape index (κ2) is 9.62. The molecule has 0 spiro atoms. The molecular formula is C17H31ClN2O3S. The van der Waals surface area contributed by atoms with Gasteiger partial charge in [0.25, 0.3) is 0 Å². The molecule has 140 valence electrons. The predicted octanol–water partition coefficient (Wildman–Crippen LogP) is 2.11. The van der Waals surface area contributed by atoms with E-state index in [-0.39, 0.29) is 34.9 Å². The fraction of sp³-hybridized carbons (Fsp3) is 0.941. The molecule has 7 unspecified atom stereocenters. The van der Waals surface area contributed by atoms with Gasteiger partial charge < -0.3 is 20.5 Å². The fourth-order valence-electron chi connectivity index (χ4n) is 3.47. The smallest absolute Gasteiger partial charge is 0.237 e. The summed E-state index contributed by atoms with van der Waals surface area (Å²) >= 11 is 7.85. The minimum Gasteiger partial charge on any atom is -0.390 e. The van der Waals surface area contributed by atoms with Gasteiger partial charge in [0.1, 0.15) is 5.44 Å². The van der Waals surface area contributed by atoms with E-state index in [4.69, 9.17) is 16.3 Å². The third-order valence-electron chi connectivity index (χ3n) is 5.10. The molecule has 2 fully saturated rings. The summed E-state index contributed by atoms with van der Waals surface area (Å²) in [4.78, 5) is 12.7. The molecular weight excluding hydrogens is 348 g/mol. The van der Waals surface area contributed by atoms with E-state index in [1.165, 1.54) is 11.8 Å². The first-order valence-corrected chi connectivity index (χ1v) is 10.7. The number of rotatable bonds is 5. The molecule has 2 aliphatic heterocycles. The van der Waals surface area contributed by atoms with Crippen molar-refractivity contribution >= 4 is 29.3 Å². The van der Waals surface area contributed by atoms with Gasteiger partial charge in [0.2, 0.25) is 5.91 Å². The highest BCUT2D eigenvalue weighted by molar-refractivity contribution is 7.99. The number of ether oxygens (including phenoxy) is 1. The Morgan fingerprint density at radius 1 is 1.33 bits per heavy atom. The summed E-state index contributed by atoms with van der Waals surface area (Å²) in [5.41, 5.74) is -0.254. The van der Waals surface area contributed by atoms with Crippen molar-refractivity contribution in [1.29, 1.82) is 0 Å². The number of amides is 1. The van der Waals surface area contributed by atoms with Gasteiger partial charge in [-0.3, -0.25) is 4.79 Å². The molecule has 2 rings (SSSR count). The van der Waals surface area contributed by atoms with Crippen molar-refractivity contribution in [3.63, 3.8) is 0 Å². The molecule has 3 N–H and O–H groups in total. The van der Waals surface area contributed by atoms with Gasteiger partial charge in [-0.1, -0.05) is 6.92 Å². The lowest BCUT2D eigenvalue weighted by molar-refractivity contribution is -0.127. The van der Waals surface area contributed by atoms with Gasteiger partial charge in [0.05, 0.1) is 29.7 Å². The van der Waals surface area contributed by atoms with E-state index in [0.29, 0.717) is 18.8 Å². The van der Waals surface area contributed by atoms with Crippen LogP contribution in [0.25, 0.3) is 0 Å². The van der Waals surface area contributed by atoms with Gasteiger partial charge in [-0.2, -0.15) is 0 Å². The number of hydrogen-bond acceptors (Lipinski definition) is 5. The average molecular weight is 379 g/mol.